The molecular formula is C10H12O. The summed E-state index contributed by atoms with van der Waals surface area (Å²) in [4.78, 5) is 0. The van der Waals surface area contributed by atoms with E-state index in [2.05, 4.69) is 18.2 Å². The van der Waals surface area contributed by atoms with Crippen LogP contribution in [0.15, 0.2) is 24.3 Å². The van der Waals surface area contributed by atoms with Crippen molar-refractivity contribution in [2.24, 2.45) is 0 Å². The zero-order valence-corrected chi connectivity index (χ0v) is 6.46. The maximum atomic E-state index is 9.36. The highest BCUT2D eigenvalue weighted by Crippen LogP contribution is 2.20. The molecule has 0 aromatic heterocycles. The first-order valence-corrected chi connectivity index (χ1v) is 4.11. The first-order chi connectivity index (χ1) is 5.36. The monoisotopic (exact) mass is 148 g/mol. The van der Waals surface area contributed by atoms with E-state index in [0.29, 0.717) is 0 Å². The van der Waals surface area contributed by atoms with Crippen molar-refractivity contribution in [2.45, 2.75) is 25.4 Å². The molecule has 0 bridgehead atoms. The molecule has 0 radical (unpaired) electrons. The molecule has 1 nitrogen and oxygen atoms in total. The van der Waals surface area contributed by atoms with Crippen LogP contribution in [0.5, 0.6) is 0 Å². The van der Waals surface area contributed by atoms with Gasteiger partial charge in [-0.05, 0) is 30.4 Å². The van der Waals surface area contributed by atoms with Gasteiger partial charge in [0.25, 0.3) is 0 Å². The predicted molar refractivity (Wildman–Crippen MR) is 44.5 cm³/mol. The summed E-state index contributed by atoms with van der Waals surface area (Å²) in [5.74, 6) is 0. The van der Waals surface area contributed by atoms with Crippen LogP contribution in [0.2, 0.25) is 0 Å². The molecule has 1 N–H and O–H groups in total. The molecule has 2 rings (SSSR count). The highest BCUT2D eigenvalue weighted by Gasteiger charge is 2.14. The quantitative estimate of drug-likeness (QED) is 0.591. The average Bonchev–Trinajstić information content (AvgIpc) is 2.04. The van der Waals surface area contributed by atoms with E-state index in [1.165, 1.54) is 11.1 Å². The standard InChI is InChI=1S/C10H12O/c11-10-6-5-8-3-1-2-4-9(8)7-10/h1-4,10-11H,5-7H2/t10-/m1/s1. The van der Waals surface area contributed by atoms with Crippen molar-refractivity contribution in [1.29, 1.82) is 0 Å². The molecule has 1 aliphatic rings. The summed E-state index contributed by atoms with van der Waals surface area (Å²) >= 11 is 0. The number of rotatable bonds is 0. The van der Waals surface area contributed by atoms with Crippen LogP contribution in [-0.2, 0) is 12.8 Å². The Morgan fingerprint density at radius 2 is 1.91 bits per heavy atom. The Bertz CT molecular complexity index is 255. The van der Waals surface area contributed by atoms with Gasteiger partial charge in [-0.3, -0.25) is 0 Å². The van der Waals surface area contributed by atoms with Gasteiger partial charge in [0.15, 0.2) is 0 Å². The van der Waals surface area contributed by atoms with Gasteiger partial charge in [-0.1, -0.05) is 24.3 Å². The van der Waals surface area contributed by atoms with Crippen molar-refractivity contribution in [2.75, 3.05) is 0 Å². The lowest BCUT2D eigenvalue weighted by molar-refractivity contribution is 0.158. The van der Waals surface area contributed by atoms with Crippen LogP contribution >= 0.6 is 0 Å². The van der Waals surface area contributed by atoms with Gasteiger partial charge in [0.2, 0.25) is 0 Å². The minimum atomic E-state index is -0.107. The normalized spacial score (nSPS) is 22.8. The molecular weight excluding hydrogens is 136 g/mol. The van der Waals surface area contributed by atoms with Crippen LogP contribution in [0, 0.1) is 0 Å². The second-order valence-electron chi connectivity index (χ2n) is 3.17. The van der Waals surface area contributed by atoms with Crippen molar-refractivity contribution >= 4 is 0 Å². The van der Waals surface area contributed by atoms with Gasteiger partial charge in [-0.15, -0.1) is 0 Å². The SMILES string of the molecule is O[C@@H]1CCc2ccccc2C1. The second kappa shape index (κ2) is 2.67. The van der Waals surface area contributed by atoms with Crippen LogP contribution in [0.1, 0.15) is 17.5 Å². The third kappa shape index (κ3) is 1.29. The molecule has 0 amide bonds. The van der Waals surface area contributed by atoms with Crippen molar-refractivity contribution in [1.82, 2.24) is 0 Å². The zero-order valence-electron chi connectivity index (χ0n) is 6.46. The van der Waals surface area contributed by atoms with Crippen LogP contribution in [0.3, 0.4) is 0 Å². The van der Waals surface area contributed by atoms with Crippen LogP contribution in [0.4, 0.5) is 0 Å². The van der Waals surface area contributed by atoms with Gasteiger partial charge in [-0.2, -0.15) is 0 Å². The number of fused-ring (bicyclic) bond motifs is 1. The van der Waals surface area contributed by atoms with E-state index in [1.807, 2.05) is 6.07 Å². The highest BCUT2D eigenvalue weighted by atomic mass is 16.3. The average molecular weight is 148 g/mol. The molecule has 11 heavy (non-hydrogen) atoms. The van der Waals surface area contributed by atoms with Gasteiger partial charge >= 0.3 is 0 Å². The van der Waals surface area contributed by atoms with E-state index in [0.717, 1.165) is 19.3 Å². The summed E-state index contributed by atoms with van der Waals surface area (Å²) in [6.07, 6.45) is 2.70. The summed E-state index contributed by atoms with van der Waals surface area (Å²) in [5.41, 5.74) is 2.74. The molecule has 58 valence electrons. The lowest BCUT2D eigenvalue weighted by atomic mass is 9.90. The zero-order chi connectivity index (χ0) is 7.68. The van der Waals surface area contributed by atoms with E-state index in [-0.39, 0.29) is 6.10 Å². The topological polar surface area (TPSA) is 20.2 Å². The van der Waals surface area contributed by atoms with Crippen molar-refractivity contribution in [3.8, 4) is 0 Å². The predicted octanol–water partition coefficient (Wildman–Crippen LogP) is 1.54. The van der Waals surface area contributed by atoms with E-state index < -0.39 is 0 Å². The molecule has 0 fully saturated rings. The fourth-order valence-electron chi connectivity index (χ4n) is 1.68. The lowest BCUT2D eigenvalue weighted by Crippen LogP contribution is -2.18. The Labute approximate surface area is 66.7 Å². The smallest absolute Gasteiger partial charge is 0.0583 e. The third-order valence-corrected chi connectivity index (χ3v) is 2.32. The maximum Gasteiger partial charge on any atom is 0.0583 e. The Balaban J connectivity index is 2.34. The molecule has 1 aromatic carbocycles. The summed E-state index contributed by atoms with van der Waals surface area (Å²) in [6, 6.07) is 8.37. The fraction of sp³-hybridized carbons (Fsp3) is 0.400. The van der Waals surface area contributed by atoms with E-state index in [9.17, 15) is 5.11 Å². The van der Waals surface area contributed by atoms with Crippen LogP contribution in [-0.4, -0.2) is 11.2 Å². The van der Waals surface area contributed by atoms with E-state index >= 15 is 0 Å². The molecule has 1 heteroatoms. The summed E-state index contributed by atoms with van der Waals surface area (Å²) in [6.45, 7) is 0. The lowest BCUT2D eigenvalue weighted by Gasteiger charge is -2.19. The number of aryl methyl sites for hydroxylation is 1. The van der Waals surface area contributed by atoms with Gasteiger partial charge in [0.1, 0.15) is 0 Å². The first-order valence-electron chi connectivity index (χ1n) is 4.11. The maximum absolute atomic E-state index is 9.36. The molecule has 1 aromatic rings. The van der Waals surface area contributed by atoms with Gasteiger partial charge in [0.05, 0.1) is 6.10 Å². The molecule has 0 saturated heterocycles. The molecule has 0 heterocycles. The first kappa shape index (κ1) is 6.86. The number of aliphatic hydroxyl groups excluding tert-OH is 1. The Kier molecular flexibility index (Phi) is 1.66. The Morgan fingerprint density at radius 3 is 2.73 bits per heavy atom. The molecule has 1 atom stereocenters. The number of benzene rings is 1. The molecule has 0 unspecified atom stereocenters. The Hall–Kier alpha value is -0.820. The number of aliphatic hydroxyl groups is 1. The second-order valence-corrected chi connectivity index (χ2v) is 3.17. The largest absolute Gasteiger partial charge is 0.393 e. The number of hydrogen-bond donors (Lipinski definition) is 1. The van der Waals surface area contributed by atoms with Gasteiger partial charge in [-0.25, -0.2) is 0 Å². The highest BCUT2D eigenvalue weighted by molar-refractivity contribution is 5.29. The number of hydrogen-bond acceptors (Lipinski definition) is 1. The third-order valence-electron chi connectivity index (χ3n) is 2.32. The molecule has 0 spiro atoms. The van der Waals surface area contributed by atoms with Crippen LogP contribution in [0.25, 0.3) is 0 Å². The minimum Gasteiger partial charge on any atom is -0.393 e. The summed E-state index contributed by atoms with van der Waals surface area (Å²) in [5, 5.41) is 9.36. The van der Waals surface area contributed by atoms with E-state index in [4.69, 9.17) is 0 Å². The minimum absolute atomic E-state index is 0.107. The van der Waals surface area contributed by atoms with Gasteiger partial charge < -0.3 is 5.11 Å². The summed E-state index contributed by atoms with van der Waals surface area (Å²) < 4.78 is 0. The van der Waals surface area contributed by atoms with Crippen molar-refractivity contribution in [3.63, 3.8) is 0 Å². The Morgan fingerprint density at radius 1 is 1.18 bits per heavy atom. The van der Waals surface area contributed by atoms with Crippen LogP contribution < -0.4 is 0 Å². The van der Waals surface area contributed by atoms with Crippen molar-refractivity contribution in [3.05, 3.63) is 35.4 Å². The molecule has 0 saturated carbocycles. The summed E-state index contributed by atoms with van der Waals surface area (Å²) in [7, 11) is 0. The fourth-order valence-corrected chi connectivity index (χ4v) is 1.68. The van der Waals surface area contributed by atoms with Gasteiger partial charge in [0, 0.05) is 0 Å². The molecule has 1 aliphatic carbocycles. The van der Waals surface area contributed by atoms with E-state index in [1.54, 1.807) is 0 Å². The van der Waals surface area contributed by atoms with Crippen molar-refractivity contribution < 1.29 is 5.11 Å². The molecule has 0 aliphatic heterocycles.